The van der Waals surface area contributed by atoms with Gasteiger partial charge in [-0.1, -0.05) is 0 Å². The molecule has 5 nitrogen and oxygen atoms in total. The van der Waals surface area contributed by atoms with Crippen molar-refractivity contribution in [1.82, 2.24) is 9.97 Å². The SMILES string of the molecule is CC(=O)Nc1c(C)cc(Nc2ncnc3ccc(F)cc23)cc1C. The third kappa shape index (κ3) is 3.17. The van der Waals surface area contributed by atoms with Crippen molar-refractivity contribution < 1.29 is 9.18 Å². The molecule has 6 heteroatoms. The van der Waals surface area contributed by atoms with E-state index < -0.39 is 0 Å². The summed E-state index contributed by atoms with van der Waals surface area (Å²) in [7, 11) is 0. The highest BCUT2D eigenvalue weighted by Crippen LogP contribution is 2.28. The van der Waals surface area contributed by atoms with E-state index in [2.05, 4.69) is 20.6 Å². The fourth-order valence-corrected chi connectivity index (χ4v) is 2.67. The van der Waals surface area contributed by atoms with E-state index in [0.29, 0.717) is 16.7 Å². The van der Waals surface area contributed by atoms with Gasteiger partial charge < -0.3 is 10.6 Å². The van der Waals surface area contributed by atoms with Gasteiger partial charge in [0.05, 0.1) is 5.52 Å². The summed E-state index contributed by atoms with van der Waals surface area (Å²) in [5.41, 5.74) is 4.13. The summed E-state index contributed by atoms with van der Waals surface area (Å²) in [4.78, 5) is 19.6. The lowest BCUT2D eigenvalue weighted by Crippen LogP contribution is -2.09. The van der Waals surface area contributed by atoms with E-state index in [1.165, 1.54) is 25.4 Å². The van der Waals surface area contributed by atoms with E-state index in [-0.39, 0.29) is 11.7 Å². The molecule has 0 aliphatic carbocycles. The summed E-state index contributed by atoms with van der Waals surface area (Å²) in [6.07, 6.45) is 1.44. The largest absolute Gasteiger partial charge is 0.340 e. The zero-order chi connectivity index (χ0) is 17.3. The molecule has 0 saturated carbocycles. The Morgan fingerprint density at radius 1 is 1.08 bits per heavy atom. The molecule has 0 aliphatic heterocycles. The topological polar surface area (TPSA) is 66.9 Å². The molecule has 1 aromatic heterocycles. The second-order valence-corrected chi connectivity index (χ2v) is 5.67. The molecule has 0 saturated heterocycles. The summed E-state index contributed by atoms with van der Waals surface area (Å²) in [5.74, 6) is 0.0819. The van der Waals surface area contributed by atoms with Crippen molar-refractivity contribution in [2.75, 3.05) is 10.6 Å². The lowest BCUT2D eigenvalue weighted by molar-refractivity contribution is -0.114. The first kappa shape index (κ1) is 15.9. The Hall–Kier alpha value is -3.02. The molecule has 1 heterocycles. The molecule has 2 N–H and O–H groups in total. The average Bonchev–Trinajstić information content (AvgIpc) is 2.51. The van der Waals surface area contributed by atoms with Crippen LogP contribution in [0.25, 0.3) is 10.9 Å². The fraction of sp³-hybridized carbons (Fsp3) is 0.167. The Labute approximate surface area is 138 Å². The van der Waals surface area contributed by atoms with Gasteiger partial charge in [-0.25, -0.2) is 14.4 Å². The van der Waals surface area contributed by atoms with Crippen molar-refractivity contribution >= 4 is 34.0 Å². The molecule has 3 aromatic rings. The quantitative estimate of drug-likeness (QED) is 0.761. The maximum Gasteiger partial charge on any atom is 0.221 e. The zero-order valence-corrected chi connectivity index (χ0v) is 13.6. The molecular formula is C18H17FN4O. The second kappa shape index (κ2) is 6.23. The van der Waals surface area contributed by atoms with Crippen LogP contribution in [0.1, 0.15) is 18.1 Å². The molecule has 1 amide bonds. The number of hydrogen-bond donors (Lipinski definition) is 2. The first-order valence-electron chi connectivity index (χ1n) is 7.50. The fourth-order valence-electron chi connectivity index (χ4n) is 2.67. The number of aryl methyl sites for hydroxylation is 2. The first-order chi connectivity index (χ1) is 11.4. The molecule has 0 radical (unpaired) electrons. The summed E-state index contributed by atoms with van der Waals surface area (Å²) in [5, 5.41) is 6.64. The number of amides is 1. The maximum atomic E-state index is 13.5. The van der Waals surface area contributed by atoms with Gasteiger partial charge in [-0.15, -0.1) is 0 Å². The number of rotatable bonds is 3. The van der Waals surface area contributed by atoms with Crippen LogP contribution in [0.15, 0.2) is 36.7 Å². The van der Waals surface area contributed by atoms with Crippen molar-refractivity contribution in [3.63, 3.8) is 0 Å². The molecule has 0 aliphatic rings. The lowest BCUT2D eigenvalue weighted by atomic mass is 10.1. The third-order valence-electron chi connectivity index (χ3n) is 3.69. The van der Waals surface area contributed by atoms with Crippen molar-refractivity contribution in [2.24, 2.45) is 0 Å². The minimum Gasteiger partial charge on any atom is -0.340 e. The van der Waals surface area contributed by atoms with Gasteiger partial charge in [0, 0.05) is 23.7 Å². The van der Waals surface area contributed by atoms with Gasteiger partial charge in [-0.2, -0.15) is 0 Å². The van der Waals surface area contributed by atoms with E-state index in [0.717, 1.165) is 22.5 Å². The number of carbonyl (C=O) groups excluding carboxylic acids is 1. The molecule has 2 aromatic carbocycles. The van der Waals surface area contributed by atoms with Crippen LogP contribution >= 0.6 is 0 Å². The second-order valence-electron chi connectivity index (χ2n) is 5.67. The molecule has 0 fully saturated rings. The molecule has 122 valence electrons. The summed E-state index contributed by atoms with van der Waals surface area (Å²) in [6.45, 7) is 5.31. The van der Waals surface area contributed by atoms with Gasteiger partial charge in [0.2, 0.25) is 5.91 Å². The smallest absolute Gasteiger partial charge is 0.221 e. The number of nitrogens with one attached hydrogen (secondary N) is 2. The van der Waals surface area contributed by atoms with Crippen molar-refractivity contribution in [1.29, 1.82) is 0 Å². The van der Waals surface area contributed by atoms with E-state index in [4.69, 9.17) is 0 Å². The van der Waals surface area contributed by atoms with Gasteiger partial charge in [0.15, 0.2) is 0 Å². The first-order valence-corrected chi connectivity index (χ1v) is 7.50. The highest BCUT2D eigenvalue weighted by Gasteiger charge is 2.09. The van der Waals surface area contributed by atoms with Crippen molar-refractivity contribution in [3.05, 3.63) is 53.6 Å². The van der Waals surface area contributed by atoms with Crippen LogP contribution in [0.3, 0.4) is 0 Å². The predicted octanol–water partition coefficient (Wildman–Crippen LogP) is 4.09. The van der Waals surface area contributed by atoms with Gasteiger partial charge in [0.1, 0.15) is 18.0 Å². The molecule has 0 unspecified atom stereocenters. The molecule has 0 atom stereocenters. The van der Waals surface area contributed by atoms with Crippen LogP contribution in [0, 0.1) is 19.7 Å². The number of fused-ring (bicyclic) bond motifs is 1. The van der Waals surface area contributed by atoms with E-state index in [1.807, 2.05) is 26.0 Å². The number of benzene rings is 2. The van der Waals surface area contributed by atoms with Gasteiger partial charge in [0.25, 0.3) is 0 Å². The Morgan fingerprint density at radius 3 is 2.46 bits per heavy atom. The normalized spacial score (nSPS) is 10.7. The van der Waals surface area contributed by atoms with Crippen LogP contribution in [-0.2, 0) is 4.79 Å². The molecule has 0 spiro atoms. The number of nitrogens with zero attached hydrogens (tertiary/aromatic N) is 2. The number of halogens is 1. The maximum absolute atomic E-state index is 13.5. The number of aromatic nitrogens is 2. The predicted molar refractivity (Wildman–Crippen MR) is 93.0 cm³/mol. The van der Waals surface area contributed by atoms with Crippen LogP contribution < -0.4 is 10.6 Å². The Kier molecular flexibility index (Phi) is 4.12. The van der Waals surface area contributed by atoms with Crippen LogP contribution in [0.4, 0.5) is 21.6 Å². The molecular weight excluding hydrogens is 307 g/mol. The Bertz CT molecular complexity index is 916. The minimum atomic E-state index is -0.339. The average molecular weight is 324 g/mol. The highest BCUT2D eigenvalue weighted by molar-refractivity contribution is 5.92. The van der Waals surface area contributed by atoms with Gasteiger partial charge in [-0.05, 0) is 55.3 Å². The van der Waals surface area contributed by atoms with Crippen molar-refractivity contribution in [2.45, 2.75) is 20.8 Å². The van der Waals surface area contributed by atoms with Crippen LogP contribution in [-0.4, -0.2) is 15.9 Å². The van der Waals surface area contributed by atoms with Gasteiger partial charge >= 0.3 is 0 Å². The molecule has 0 bridgehead atoms. The number of anilines is 3. The van der Waals surface area contributed by atoms with E-state index in [1.54, 1.807) is 6.07 Å². The highest BCUT2D eigenvalue weighted by atomic mass is 19.1. The lowest BCUT2D eigenvalue weighted by Gasteiger charge is -2.14. The van der Waals surface area contributed by atoms with E-state index in [9.17, 15) is 9.18 Å². The Morgan fingerprint density at radius 2 is 1.79 bits per heavy atom. The standard InChI is InChI=1S/C18H17FN4O/c1-10-6-14(7-11(2)17(10)22-12(3)24)23-18-15-8-13(19)4-5-16(15)20-9-21-18/h4-9H,1-3H3,(H,22,24)(H,20,21,23). The monoisotopic (exact) mass is 324 g/mol. The van der Waals surface area contributed by atoms with Crippen LogP contribution in [0.5, 0.6) is 0 Å². The minimum absolute atomic E-state index is 0.112. The third-order valence-corrected chi connectivity index (χ3v) is 3.69. The van der Waals surface area contributed by atoms with Crippen LogP contribution in [0.2, 0.25) is 0 Å². The summed E-state index contributed by atoms with van der Waals surface area (Å²) in [6, 6.07) is 8.21. The van der Waals surface area contributed by atoms with Gasteiger partial charge in [-0.3, -0.25) is 4.79 Å². The number of hydrogen-bond acceptors (Lipinski definition) is 4. The summed E-state index contributed by atoms with van der Waals surface area (Å²) < 4.78 is 13.5. The summed E-state index contributed by atoms with van der Waals surface area (Å²) >= 11 is 0. The van der Waals surface area contributed by atoms with Crippen molar-refractivity contribution in [3.8, 4) is 0 Å². The zero-order valence-electron chi connectivity index (χ0n) is 13.6. The molecule has 24 heavy (non-hydrogen) atoms. The molecule has 3 rings (SSSR count). The van der Waals surface area contributed by atoms with E-state index >= 15 is 0 Å². The Balaban J connectivity index is 2.00. The number of carbonyl (C=O) groups is 1.